The molecular weight excluding hydrogens is 146 g/mol. The van der Waals surface area contributed by atoms with Gasteiger partial charge < -0.3 is 0 Å². The Labute approximate surface area is 74.2 Å². The number of pyridine rings is 1. The van der Waals surface area contributed by atoms with Crippen molar-refractivity contribution in [2.45, 2.75) is 26.7 Å². The van der Waals surface area contributed by atoms with Gasteiger partial charge in [0.1, 0.15) is 0 Å². The van der Waals surface area contributed by atoms with Crippen LogP contribution in [0.1, 0.15) is 36.6 Å². The maximum absolute atomic E-state index is 4.34. The lowest BCUT2D eigenvalue weighted by Gasteiger charge is -2.10. The molecule has 0 radical (unpaired) electrons. The Bertz CT molecular complexity index is 287. The van der Waals surface area contributed by atoms with Crippen LogP contribution in [0.3, 0.4) is 0 Å². The third-order valence-corrected chi connectivity index (χ3v) is 1.99. The first-order valence-electron chi connectivity index (χ1n) is 4.24. The maximum atomic E-state index is 4.34. The zero-order chi connectivity index (χ0) is 9.14. The Morgan fingerprint density at radius 1 is 1.50 bits per heavy atom. The van der Waals surface area contributed by atoms with E-state index in [-0.39, 0.29) is 0 Å². The number of aromatic nitrogens is 1. The fourth-order valence-electron chi connectivity index (χ4n) is 1.32. The van der Waals surface area contributed by atoms with Gasteiger partial charge >= 0.3 is 0 Å². The van der Waals surface area contributed by atoms with Gasteiger partial charge in [-0.1, -0.05) is 26.5 Å². The largest absolute Gasteiger partial charge is 0.260 e. The average molecular weight is 161 g/mol. The van der Waals surface area contributed by atoms with Crippen LogP contribution in [-0.4, -0.2) is 4.98 Å². The molecule has 0 bridgehead atoms. The highest BCUT2D eigenvalue weighted by Crippen LogP contribution is 2.20. The molecule has 1 rings (SSSR count). The minimum atomic E-state index is 0.470. The summed E-state index contributed by atoms with van der Waals surface area (Å²) < 4.78 is 0. The molecule has 12 heavy (non-hydrogen) atoms. The van der Waals surface area contributed by atoms with E-state index < -0.39 is 0 Å². The SMILES string of the molecule is C=Cc1c(C)ccnc1C(C)C. The molecule has 0 saturated carbocycles. The Kier molecular flexibility index (Phi) is 2.64. The van der Waals surface area contributed by atoms with Crippen molar-refractivity contribution in [1.82, 2.24) is 4.98 Å². The molecule has 0 saturated heterocycles. The lowest BCUT2D eigenvalue weighted by Crippen LogP contribution is -1.97. The van der Waals surface area contributed by atoms with Crippen LogP contribution in [0.15, 0.2) is 18.8 Å². The molecule has 1 aromatic heterocycles. The van der Waals surface area contributed by atoms with Gasteiger partial charge in [-0.3, -0.25) is 4.98 Å². The van der Waals surface area contributed by atoms with E-state index in [1.54, 1.807) is 0 Å². The standard InChI is InChI=1S/C11H15N/c1-5-10-9(4)6-7-12-11(10)8(2)3/h5-8H,1H2,2-4H3. The Morgan fingerprint density at radius 2 is 2.17 bits per heavy atom. The van der Waals surface area contributed by atoms with Gasteiger partial charge in [0, 0.05) is 6.20 Å². The molecular formula is C11H15N. The molecule has 0 unspecified atom stereocenters. The van der Waals surface area contributed by atoms with Crippen LogP contribution in [0.4, 0.5) is 0 Å². The first-order chi connectivity index (χ1) is 5.66. The van der Waals surface area contributed by atoms with E-state index in [2.05, 4.69) is 32.3 Å². The fourth-order valence-corrected chi connectivity index (χ4v) is 1.32. The van der Waals surface area contributed by atoms with E-state index in [4.69, 9.17) is 0 Å². The van der Waals surface area contributed by atoms with E-state index in [1.165, 1.54) is 11.1 Å². The number of hydrogen-bond donors (Lipinski definition) is 0. The molecule has 1 aromatic rings. The van der Waals surface area contributed by atoms with Crippen LogP contribution < -0.4 is 0 Å². The summed E-state index contributed by atoms with van der Waals surface area (Å²) in [6.07, 6.45) is 3.75. The van der Waals surface area contributed by atoms with Gasteiger partial charge in [0.15, 0.2) is 0 Å². The molecule has 0 aliphatic carbocycles. The predicted molar refractivity (Wildman–Crippen MR) is 53.2 cm³/mol. The van der Waals surface area contributed by atoms with E-state index in [1.807, 2.05) is 18.3 Å². The van der Waals surface area contributed by atoms with Gasteiger partial charge in [-0.05, 0) is 30.0 Å². The first kappa shape index (κ1) is 8.98. The Hall–Kier alpha value is -1.11. The number of hydrogen-bond acceptors (Lipinski definition) is 1. The molecule has 1 heterocycles. The molecule has 64 valence electrons. The molecule has 1 nitrogen and oxygen atoms in total. The molecule has 0 aromatic carbocycles. The van der Waals surface area contributed by atoms with Crippen molar-refractivity contribution in [3.05, 3.63) is 35.7 Å². The van der Waals surface area contributed by atoms with Crippen molar-refractivity contribution in [2.24, 2.45) is 0 Å². The van der Waals surface area contributed by atoms with E-state index >= 15 is 0 Å². The van der Waals surface area contributed by atoms with Gasteiger partial charge in [-0.2, -0.15) is 0 Å². The first-order valence-corrected chi connectivity index (χ1v) is 4.24. The van der Waals surface area contributed by atoms with Crippen LogP contribution in [0, 0.1) is 6.92 Å². The minimum absolute atomic E-state index is 0.470. The predicted octanol–water partition coefficient (Wildman–Crippen LogP) is 3.16. The second-order valence-corrected chi connectivity index (χ2v) is 3.29. The summed E-state index contributed by atoms with van der Waals surface area (Å²) in [7, 11) is 0. The second kappa shape index (κ2) is 3.53. The summed E-state index contributed by atoms with van der Waals surface area (Å²) in [6.45, 7) is 10.2. The second-order valence-electron chi connectivity index (χ2n) is 3.29. The Balaban J connectivity index is 3.27. The van der Waals surface area contributed by atoms with Crippen molar-refractivity contribution in [2.75, 3.05) is 0 Å². The normalized spacial score (nSPS) is 10.3. The molecule has 0 aliphatic rings. The molecule has 1 heteroatoms. The highest BCUT2D eigenvalue weighted by atomic mass is 14.7. The zero-order valence-corrected chi connectivity index (χ0v) is 7.96. The van der Waals surface area contributed by atoms with Crippen LogP contribution >= 0.6 is 0 Å². The van der Waals surface area contributed by atoms with Gasteiger partial charge in [0.05, 0.1) is 5.69 Å². The smallest absolute Gasteiger partial charge is 0.0503 e. The van der Waals surface area contributed by atoms with Crippen molar-refractivity contribution < 1.29 is 0 Å². The Morgan fingerprint density at radius 3 is 2.58 bits per heavy atom. The quantitative estimate of drug-likeness (QED) is 0.649. The molecule has 0 amide bonds. The number of aryl methyl sites for hydroxylation is 1. The van der Waals surface area contributed by atoms with Crippen molar-refractivity contribution >= 4 is 6.08 Å². The monoisotopic (exact) mass is 161 g/mol. The molecule has 0 atom stereocenters. The van der Waals surface area contributed by atoms with Crippen molar-refractivity contribution in [3.63, 3.8) is 0 Å². The van der Waals surface area contributed by atoms with Crippen LogP contribution in [0.25, 0.3) is 6.08 Å². The van der Waals surface area contributed by atoms with Gasteiger partial charge in [0.25, 0.3) is 0 Å². The van der Waals surface area contributed by atoms with Gasteiger partial charge in [-0.25, -0.2) is 0 Å². The highest BCUT2D eigenvalue weighted by Gasteiger charge is 2.06. The number of nitrogens with zero attached hydrogens (tertiary/aromatic N) is 1. The lowest BCUT2D eigenvalue weighted by atomic mass is 10.0. The van der Waals surface area contributed by atoms with Crippen molar-refractivity contribution in [1.29, 1.82) is 0 Å². The highest BCUT2D eigenvalue weighted by molar-refractivity contribution is 5.54. The molecule has 0 fully saturated rings. The van der Waals surface area contributed by atoms with Gasteiger partial charge in [0.2, 0.25) is 0 Å². The zero-order valence-electron chi connectivity index (χ0n) is 7.96. The summed E-state index contributed by atoms with van der Waals surface area (Å²) in [5.74, 6) is 0.470. The van der Waals surface area contributed by atoms with Crippen molar-refractivity contribution in [3.8, 4) is 0 Å². The van der Waals surface area contributed by atoms with E-state index in [0.717, 1.165) is 5.69 Å². The number of rotatable bonds is 2. The third-order valence-electron chi connectivity index (χ3n) is 1.99. The average Bonchev–Trinajstić information content (AvgIpc) is 2.03. The molecule has 0 aliphatic heterocycles. The summed E-state index contributed by atoms with van der Waals surface area (Å²) in [5, 5.41) is 0. The summed E-state index contributed by atoms with van der Waals surface area (Å²) in [4.78, 5) is 4.34. The lowest BCUT2D eigenvalue weighted by molar-refractivity contribution is 0.817. The van der Waals surface area contributed by atoms with E-state index in [0.29, 0.717) is 5.92 Å². The van der Waals surface area contributed by atoms with Crippen LogP contribution in [0.2, 0.25) is 0 Å². The van der Waals surface area contributed by atoms with Crippen LogP contribution in [-0.2, 0) is 0 Å². The maximum Gasteiger partial charge on any atom is 0.0503 e. The molecule has 0 N–H and O–H groups in total. The summed E-state index contributed by atoms with van der Waals surface area (Å²) >= 11 is 0. The minimum Gasteiger partial charge on any atom is -0.260 e. The fraction of sp³-hybridized carbons (Fsp3) is 0.364. The van der Waals surface area contributed by atoms with Crippen LogP contribution in [0.5, 0.6) is 0 Å². The summed E-state index contributed by atoms with van der Waals surface area (Å²) in [5.41, 5.74) is 3.58. The van der Waals surface area contributed by atoms with Gasteiger partial charge in [-0.15, -0.1) is 0 Å². The summed E-state index contributed by atoms with van der Waals surface area (Å²) in [6, 6.07) is 2.02. The topological polar surface area (TPSA) is 12.9 Å². The molecule has 0 spiro atoms. The third kappa shape index (κ3) is 1.55. The van der Waals surface area contributed by atoms with E-state index in [9.17, 15) is 0 Å².